The zero-order chi connectivity index (χ0) is 17.9. The van der Waals surface area contributed by atoms with Crippen LogP contribution in [0.5, 0.6) is 0 Å². The number of fused-ring (bicyclic) bond motifs is 1. The van der Waals surface area contributed by atoms with Crippen molar-refractivity contribution < 1.29 is 19.1 Å². The summed E-state index contributed by atoms with van der Waals surface area (Å²) < 4.78 is 10.7. The van der Waals surface area contributed by atoms with Gasteiger partial charge < -0.3 is 19.7 Å². The van der Waals surface area contributed by atoms with Gasteiger partial charge >= 0.3 is 5.97 Å². The van der Waals surface area contributed by atoms with Crippen LogP contribution < -0.4 is 10.2 Å². The van der Waals surface area contributed by atoms with E-state index in [0.717, 1.165) is 24.3 Å². The second-order valence-electron chi connectivity index (χ2n) is 6.36. The lowest BCUT2D eigenvalue weighted by Crippen LogP contribution is -2.39. The Morgan fingerprint density at radius 1 is 1.04 bits per heavy atom. The molecule has 134 valence electrons. The van der Waals surface area contributed by atoms with Gasteiger partial charge in [-0.05, 0) is 23.8 Å². The van der Waals surface area contributed by atoms with Gasteiger partial charge in [-0.25, -0.2) is 4.79 Å². The molecular formula is C20H20N2O4. The molecule has 0 radical (unpaired) electrons. The Labute approximate surface area is 151 Å². The largest absolute Gasteiger partial charge is 0.448 e. The SMILES string of the molecule is O=C1OC(C(=O)Nc2ccccc2N2CCOCC2)Cc2ccccc21. The number of cyclic esters (lactones) is 1. The first-order valence-corrected chi connectivity index (χ1v) is 8.74. The van der Waals surface area contributed by atoms with Gasteiger partial charge in [-0.3, -0.25) is 4.79 Å². The minimum atomic E-state index is -0.824. The molecule has 1 unspecified atom stereocenters. The van der Waals surface area contributed by atoms with E-state index in [9.17, 15) is 9.59 Å². The molecular weight excluding hydrogens is 332 g/mol. The molecule has 0 spiro atoms. The molecule has 0 saturated carbocycles. The number of hydrogen-bond acceptors (Lipinski definition) is 5. The van der Waals surface area contributed by atoms with Crippen LogP contribution in [-0.2, 0) is 20.7 Å². The molecule has 2 aromatic rings. The maximum absolute atomic E-state index is 12.7. The molecule has 0 bridgehead atoms. The Kier molecular flexibility index (Phi) is 4.58. The summed E-state index contributed by atoms with van der Waals surface area (Å²) in [4.78, 5) is 27.1. The first-order chi connectivity index (χ1) is 12.7. The maximum Gasteiger partial charge on any atom is 0.339 e. The first-order valence-electron chi connectivity index (χ1n) is 8.74. The van der Waals surface area contributed by atoms with E-state index >= 15 is 0 Å². The molecule has 1 atom stereocenters. The van der Waals surface area contributed by atoms with Crippen molar-refractivity contribution in [2.75, 3.05) is 36.5 Å². The molecule has 1 saturated heterocycles. The van der Waals surface area contributed by atoms with Gasteiger partial charge in [0.25, 0.3) is 5.91 Å². The predicted molar refractivity (Wildman–Crippen MR) is 97.5 cm³/mol. The predicted octanol–water partition coefficient (Wildman–Crippen LogP) is 2.24. The van der Waals surface area contributed by atoms with E-state index in [1.807, 2.05) is 36.4 Å². The number of amides is 1. The summed E-state index contributed by atoms with van der Waals surface area (Å²) in [6, 6.07) is 14.9. The Morgan fingerprint density at radius 3 is 2.62 bits per heavy atom. The fourth-order valence-electron chi connectivity index (χ4n) is 3.35. The molecule has 4 rings (SSSR count). The summed E-state index contributed by atoms with van der Waals surface area (Å²) in [7, 11) is 0. The quantitative estimate of drug-likeness (QED) is 0.858. The monoisotopic (exact) mass is 352 g/mol. The van der Waals surface area contributed by atoms with Crippen molar-refractivity contribution in [1.29, 1.82) is 0 Å². The molecule has 2 aliphatic heterocycles. The molecule has 6 heteroatoms. The summed E-state index contributed by atoms with van der Waals surface area (Å²) in [6.45, 7) is 2.88. The highest BCUT2D eigenvalue weighted by Gasteiger charge is 2.31. The molecule has 26 heavy (non-hydrogen) atoms. The van der Waals surface area contributed by atoms with Gasteiger partial charge in [-0.2, -0.15) is 0 Å². The molecule has 2 aromatic carbocycles. The molecule has 6 nitrogen and oxygen atoms in total. The molecule has 1 N–H and O–H groups in total. The fourth-order valence-corrected chi connectivity index (χ4v) is 3.35. The van der Waals surface area contributed by atoms with Gasteiger partial charge in [0.15, 0.2) is 6.10 Å². The Bertz CT molecular complexity index is 830. The van der Waals surface area contributed by atoms with Crippen LogP contribution in [0.1, 0.15) is 15.9 Å². The zero-order valence-corrected chi connectivity index (χ0v) is 14.3. The maximum atomic E-state index is 12.7. The van der Waals surface area contributed by atoms with Gasteiger partial charge in [0.05, 0.1) is 30.2 Å². The fraction of sp³-hybridized carbons (Fsp3) is 0.300. The summed E-state index contributed by atoms with van der Waals surface area (Å²) >= 11 is 0. The van der Waals surface area contributed by atoms with Crippen LogP contribution in [0.4, 0.5) is 11.4 Å². The van der Waals surface area contributed by atoms with Crippen molar-refractivity contribution in [3.05, 3.63) is 59.7 Å². The van der Waals surface area contributed by atoms with Crippen LogP contribution >= 0.6 is 0 Å². The highest BCUT2D eigenvalue weighted by molar-refractivity contribution is 6.01. The summed E-state index contributed by atoms with van der Waals surface area (Å²) in [5.74, 6) is -0.762. The molecule has 0 aromatic heterocycles. The second-order valence-corrected chi connectivity index (χ2v) is 6.36. The van der Waals surface area contributed by atoms with Gasteiger partial charge in [-0.1, -0.05) is 30.3 Å². The van der Waals surface area contributed by atoms with Crippen LogP contribution in [0.25, 0.3) is 0 Å². The second kappa shape index (κ2) is 7.17. The number of carbonyl (C=O) groups excluding carboxylic acids is 2. The van der Waals surface area contributed by atoms with Crippen LogP contribution in [0.2, 0.25) is 0 Å². The summed E-state index contributed by atoms with van der Waals surface area (Å²) in [5, 5.41) is 2.93. The van der Waals surface area contributed by atoms with Crippen molar-refractivity contribution in [3.63, 3.8) is 0 Å². The number of anilines is 2. The van der Waals surface area contributed by atoms with E-state index in [4.69, 9.17) is 9.47 Å². The molecule has 0 aliphatic carbocycles. The minimum Gasteiger partial charge on any atom is -0.448 e. The average molecular weight is 352 g/mol. The molecule has 1 amide bonds. The third-order valence-corrected chi connectivity index (χ3v) is 4.70. The van der Waals surface area contributed by atoms with Crippen molar-refractivity contribution in [2.45, 2.75) is 12.5 Å². The smallest absolute Gasteiger partial charge is 0.339 e. The van der Waals surface area contributed by atoms with Crippen LogP contribution in [-0.4, -0.2) is 44.3 Å². The van der Waals surface area contributed by atoms with E-state index in [0.29, 0.717) is 30.9 Å². The standard InChI is InChI=1S/C20H20N2O4/c23-19(18-13-14-5-1-2-6-15(14)20(24)26-18)21-16-7-3-4-8-17(16)22-9-11-25-12-10-22/h1-8,18H,9-13H2,(H,21,23). The first kappa shape index (κ1) is 16.6. The number of nitrogens with one attached hydrogen (secondary N) is 1. The Hall–Kier alpha value is -2.86. The van der Waals surface area contributed by atoms with Crippen molar-refractivity contribution in [1.82, 2.24) is 0 Å². The topological polar surface area (TPSA) is 67.9 Å². The van der Waals surface area contributed by atoms with E-state index in [2.05, 4.69) is 10.2 Å². The van der Waals surface area contributed by atoms with Crippen molar-refractivity contribution >= 4 is 23.3 Å². The van der Waals surface area contributed by atoms with Gasteiger partial charge in [0, 0.05) is 19.5 Å². The van der Waals surface area contributed by atoms with Crippen LogP contribution in [0.15, 0.2) is 48.5 Å². The highest BCUT2D eigenvalue weighted by Crippen LogP contribution is 2.28. The Balaban J connectivity index is 1.52. The number of rotatable bonds is 3. The number of benzene rings is 2. The Morgan fingerprint density at radius 2 is 1.77 bits per heavy atom. The number of carbonyl (C=O) groups is 2. The molecule has 1 fully saturated rings. The van der Waals surface area contributed by atoms with Gasteiger partial charge in [-0.15, -0.1) is 0 Å². The van der Waals surface area contributed by atoms with Crippen molar-refractivity contribution in [3.8, 4) is 0 Å². The molecule has 2 heterocycles. The highest BCUT2D eigenvalue weighted by atomic mass is 16.5. The summed E-state index contributed by atoms with van der Waals surface area (Å²) in [5.41, 5.74) is 3.04. The summed E-state index contributed by atoms with van der Waals surface area (Å²) in [6.07, 6.45) is -0.442. The number of nitrogens with zero attached hydrogens (tertiary/aromatic N) is 1. The van der Waals surface area contributed by atoms with E-state index in [1.165, 1.54) is 0 Å². The van der Waals surface area contributed by atoms with Crippen molar-refractivity contribution in [2.24, 2.45) is 0 Å². The third-order valence-electron chi connectivity index (χ3n) is 4.70. The lowest BCUT2D eigenvalue weighted by Gasteiger charge is -2.31. The zero-order valence-electron chi connectivity index (χ0n) is 14.3. The van der Waals surface area contributed by atoms with Gasteiger partial charge in [0.1, 0.15) is 0 Å². The minimum absolute atomic E-state index is 0.312. The number of esters is 1. The number of morpholine rings is 1. The number of ether oxygens (including phenoxy) is 2. The van der Waals surface area contributed by atoms with E-state index in [1.54, 1.807) is 12.1 Å². The third kappa shape index (κ3) is 3.28. The average Bonchev–Trinajstić information content (AvgIpc) is 2.69. The number of hydrogen-bond donors (Lipinski definition) is 1. The van der Waals surface area contributed by atoms with Crippen LogP contribution in [0, 0.1) is 0 Å². The lowest BCUT2D eigenvalue weighted by molar-refractivity contribution is -0.125. The van der Waals surface area contributed by atoms with E-state index in [-0.39, 0.29) is 5.91 Å². The lowest BCUT2D eigenvalue weighted by atomic mass is 9.98. The number of para-hydroxylation sites is 2. The van der Waals surface area contributed by atoms with Crippen LogP contribution in [0.3, 0.4) is 0 Å². The van der Waals surface area contributed by atoms with Gasteiger partial charge in [0.2, 0.25) is 0 Å². The molecule has 2 aliphatic rings. The van der Waals surface area contributed by atoms with E-state index < -0.39 is 12.1 Å². The normalized spacial score (nSPS) is 19.5.